The molecule has 0 fully saturated rings. The minimum Gasteiger partial charge on any atom is -0.492 e. The Balaban J connectivity index is 1.66. The maximum atomic E-state index is 12.7. The molecule has 0 unspecified atom stereocenters. The van der Waals surface area contributed by atoms with Crippen LogP contribution in [0.1, 0.15) is 21.5 Å². The third-order valence-electron chi connectivity index (χ3n) is 4.41. The first-order valence-electron chi connectivity index (χ1n) is 9.61. The van der Waals surface area contributed by atoms with Crippen molar-refractivity contribution in [2.75, 3.05) is 17.9 Å². The number of carbonyl (C=O) groups is 1. The minimum absolute atomic E-state index is 0.0560. The number of hydrogen-bond donors (Lipinski definition) is 2. The Morgan fingerprint density at radius 2 is 1.68 bits per heavy atom. The summed E-state index contributed by atoms with van der Waals surface area (Å²) in [5, 5.41) is 2.86. The van der Waals surface area contributed by atoms with Gasteiger partial charge < -0.3 is 10.1 Å². The highest BCUT2D eigenvalue weighted by Gasteiger charge is 2.19. The summed E-state index contributed by atoms with van der Waals surface area (Å²) in [5.41, 5.74) is 2.51. The Bertz CT molecular complexity index is 1200. The molecule has 0 heterocycles. The monoisotopic (exact) mass is 458 g/mol. The number of halogens is 1. The fourth-order valence-electron chi connectivity index (χ4n) is 2.90. The summed E-state index contributed by atoms with van der Waals surface area (Å²) >= 11 is 6.14. The van der Waals surface area contributed by atoms with Crippen molar-refractivity contribution in [2.45, 2.75) is 18.7 Å². The molecule has 3 rings (SSSR count). The fourth-order valence-corrected chi connectivity index (χ4v) is 4.18. The number of nitrogens with one attached hydrogen (secondary N) is 2. The molecule has 0 aliphatic rings. The van der Waals surface area contributed by atoms with E-state index < -0.39 is 15.9 Å². The van der Waals surface area contributed by atoms with Gasteiger partial charge in [-0.05, 0) is 67.4 Å². The summed E-state index contributed by atoms with van der Waals surface area (Å²) < 4.78 is 33.6. The van der Waals surface area contributed by atoms with Crippen LogP contribution in [-0.4, -0.2) is 27.5 Å². The molecule has 0 radical (unpaired) electrons. The lowest BCUT2D eigenvalue weighted by Gasteiger charge is -2.12. The molecule has 6 nitrogen and oxygen atoms in total. The average Bonchev–Trinajstić information content (AvgIpc) is 2.71. The number of carbonyl (C=O) groups excluding carboxylic acids is 1. The van der Waals surface area contributed by atoms with Crippen LogP contribution in [-0.2, 0) is 10.0 Å². The van der Waals surface area contributed by atoms with Crippen LogP contribution < -0.4 is 14.8 Å². The number of hydrogen-bond acceptors (Lipinski definition) is 4. The van der Waals surface area contributed by atoms with Crippen molar-refractivity contribution >= 4 is 33.2 Å². The summed E-state index contributed by atoms with van der Waals surface area (Å²) in [5.74, 6) is 0.230. The Morgan fingerprint density at radius 3 is 2.39 bits per heavy atom. The Hall–Kier alpha value is -3.03. The number of anilines is 1. The van der Waals surface area contributed by atoms with Crippen LogP contribution in [0.25, 0.3) is 0 Å². The highest BCUT2D eigenvalue weighted by Crippen LogP contribution is 2.23. The molecule has 0 spiro atoms. The van der Waals surface area contributed by atoms with E-state index >= 15 is 0 Å². The van der Waals surface area contributed by atoms with E-state index in [2.05, 4.69) is 10.0 Å². The van der Waals surface area contributed by atoms with Gasteiger partial charge in [0, 0.05) is 5.69 Å². The van der Waals surface area contributed by atoms with E-state index in [9.17, 15) is 13.2 Å². The van der Waals surface area contributed by atoms with Crippen molar-refractivity contribution in [1.82, 2.24) is 5.32 Å². The highest BCUT2D eigenvalue weighted by molar-refractivity contribution is 7.92. The van der Waals surface area contributed by atoms with Gasteiger partial charge in [-0.25, -0.2) is 8.42 Å². The first kappa shape index (κ1) is 22.7. The third-order valence-corrected chi connectivity index (χ3v) is 6.12. The predicted octanol–water partition coefficient (Wildman–Crippen LogP) is 4.57. The van der Waals surface area contributed by atoms with Crippen LogP contribution in [0.2, 0.25) is 5.02 Å². The summed E-state index contributed by atoms with van der Waals surface area (Å²) in [6.07, 6.45) is 0. The number of aryl methyl sites for hydroxylation is 2. The van der Waals surface area contributed by atoms with Gasteiger partial charge in [0.2, 0.25) is 0 Å². The van der Waals surface area contributed by atoms with Crippen molar-refractivity contribution in [3.8, 4) is 5.75 Å². The average molecular weight is 459 g/mol. The third kappa shape index (κ3) is 6.23. The lowest BCUT2D eigenvalue weighted by Crippen LogP contribution is -2.28. The maximum Gasteiger partial charge on any atom is 0.261 e. The molecule has 8 heteroatoms. The van der Waals surface area contributed by atoms with E-state index in [1.807, 2.05) is 44.2 Å². The second-order valence-electron chi connectivity index (χ2n) is 7.04. The lowest BCUT2D eigenvalue weighted by atomic mass is 10.2. The molecule has 0 bridgehead atoms. The Labute approximate surface area is 187 Å². The zero-order valence-corrected chi connectivity index (χ0v) is 18.8. The molecule has 0 aliphatic heterocycles. The zero-order valence-electron chi connectivity index (χ0n) is 17.2. The molecule has 0 aliphatic carbocycles. The van der Waals surface area contributed by atoms with Crippen LogP contribution in [0.3, 0.4) is 0 Å². The van der Waals surface area contributed by atoms with Crippen LogP contribution >= 0.6 is 11.6 Å². The van der Waals surface area contributed by atoms with E-state index in [0.717, 1.165) is 11.1 Å². The highest BCUT2D eigenvalue weighted by atomic mass is 35.5. The van der Waals surface area contributed by atoms with Crippen molar-refractivity contribution in [3.63, 3.8) is 0 Å². The Morgan fingerprint density at radius 1 is 0.968 bits per heavy atom. The molecule has 31 heavy (non-hydrogen) atoms. The Kier molecular flexibility index (Phi) is 7.20. The number of sulfonamides is 1. The van der Waals surface area contributed by atoms with Crippen LogP contribution in [0.5, 0.6) is 5.75 Å². The minimum atomic E-state index is -3.88. The van der Waals surface area contributed by atoms with Gasteiger partial charge in [0.1, 0.15) is 12.4 Å². The van der Waals surface area contributed by atoms with Gasteiger partial charge in [0.05, 0.1) is 22.0 Å². The lowest BCUT2D eigenvalue weighted by molar-refractivity contribution is 0.0947. The van der Waals surface area contributed by atoms with Gasteiger partial charge in [0.25, 0.3) is 15.9 Å². The van der Waals surface area contributed by atoms with Crippen molar-refractivity contribution < 1.29 is 17.9 Å². The van der Waals surface area contributed by atoms with E-state index in [1.165, 1.54) is 18.2 Å². The largest absolute Gasteiger partial charge is 0.492 e. The number of benzene rings is 3. The van der Waals surface area contributed by atoms with Crippen molar-refractivity contribution in [3.05, 3.63) is 88.4 Å². The van der Waals surface area contributed by atoms with Gasteiger partial charge in [-0.15, -0.1) is 0 Å². The van der Waals surface area contributed by atoms with Crippen molar-refractivity contribution in [2.24, 2.45) is 0 Å². The smallest absolute Gasteiger partial charge is 0.261 e. The van der Waals surface area contributed by atoms with E-state index in [4.69, 9.17) is 16.3 Å². The molecule has 2 N–H and O–H groups in total. The molecule has 0 aromatic heterocycles. The molecule has 1 amide bonds. The summed E-state index contributed by atoms with van der Waals surface area (Å²) in [6, 6.07) is 18.6. The second kappa shape index (κ2) is 9.85. The molecule has 162 valence electrons. The number of rotatable bonds is 8. The molecule has 3 aromatic rings. The standard InChI is InChI=1S/C23H23ClN2O4S/c1-16-5-3-7-18(13-16)26-31(28,29)20-9-10-22(24)21(15-20)23(27)25-11-12-30-19-8-4-6-17(2)14-19/h3-10,13-15,26H,11-12H2,1-2H3,(H,25,27). The molecular weight excluding hydrogens is 436 g/mol. The first-order valence-corrected chi connectivity index (χ1v) is 11.5. The molecule has 0 saturated carbocycles. The van der Waals surface area contributed by atoms with Gasteiger partial charge in [-0.2, -0.15) is 0 Å². The van der Waals surface area contributed by atoms with Gasteiger partial charge >= 0.3 is 0 Å². The van der Waals surface area contributed by atoms with Crippen LogP contribution in [0, 0.1) is 13.8 Å². The fraction of sp³-hybridized carbons (Fsp3) is 0.174. The van der Waals surface area contributed by atoms with Gasteiger partial charge in [-0.3, -0.25) is 9.52 Å². The molecule has 3 aromatic carbocycles. The van der Waals surface area contributed by atoms with Gasteiger partial charge in [-0.1, -0.05) is 35.9 Å². The zero-order chi connectivity index (χ0) is 22.4. The van der Waals surface area contributed by atoms with Crippen molar-refractivity contribution in [1.29, 1.82) is 0 Å². The maximum absolute atomic E-state index is 12.7. The SMILES string of the molecule is Cc1cccc(NS(=O)(=O)c2ccc(Cl)c(C(=O)NCCOc3cccc(C)c3)c2)c1. The van der Waals surface area contributed by atoms with Crippen LogP contribution in [0.15, 0.2) is 71.6 Å². The van der Waals surface area contributed by atoms with E-state index in [-0.39, 0.29) is 28.6 Å². The predicted molar refractivity (Wildman–Crippen MR) is 122 cm³/mol. The normalized spacial score (nSPS) is 11.1. The molecular formula is C23H23ClN2O4S. The first-order chi connectivity index (χ1) is 14.7. The summed E-state index contributed by atoms with van der Waals surface area (Å²) in [4.78, 5) is 12.5. The quantitative estimate of drug-likeness (QED) is 0.484. The number of amides is 1. The molecule has 0 saturated heterocycles. The number of ether oxygens (including phenoxy) is 1. The topological polar surface area (TPSA) is 84.5 Å². The van der Waals surface area contributed by atoms with Crippen LogP contribution in [0.4, 0.5) is 5.69 Å². The second-order valence-corrected chi connectivity index (χ2v) is 9.13. The van der Waals surface area contributed by atoms with E-state index in [0.29, 0.717) is 11.4 Å². The molecule has 0 atom stereocenters. The summed E-state index contributed by atoms with van der Waals surface area (Å²) in [7, 11) is -3.88. The van der Waals surface area contributed by atoms with E-state index in [1.54, 1.807) is 18.2 Å². The van der Waals surface area contributed by atoms with Gasteiger partial charge in [0.15, 0.2) is 0 Å². The summed E-state index contributed by atoms with van der Waals surface area (Å²) in [6.45, 7) is 4.33.